The third kappa shape index (κ3) is 2.20. The first-order valence-electron chi connectivity index (χ1n) is 6.53. The molecule has 7 nitrogen and oxygen atoms in total. The number of amides is 1. The molecule has 0 bridgehead atoms. The molecule has 1 aromatic heterocycles. The number of carbonyl (C=O) groups is 2. The van der Waals surface area contributed by atoms with E-state index in [2.05, 4.69) is 10.2 Å². The molecule has 2 atom stereocenters. The number of hydrogen-bond donors (Lipinski definition) is 1. The zero-order valence-electron chi connectivity index (χ0n) is 10.5. The van der Waals surface area contributed by atoms with Crippen LogP contribution in [0.15, 0.2) is 6.33 Å². The summed E-state index contributed by atoms with van der Waals surface area (Å²) in [5.74, 6) is -0.419. The molecule has 2 heterocycles. The highest BCUT2D eigenvalue weighted by Gasteiger charge is 2.36. The smallest absolute Gasteiger partial charge is 0.306 e. The van der Waals surface area contributed by atoms with Gasteiger partial charge in [-0.3, -0.25) is 9.59 Å². The number of carboxylic acids is 1. The van der Waals surface area contributed by atoms with Crippen molar-refractivity contribution in [1.82, 2.24) is 19.7 Å². The maximum absolute atomic E-state index is 12.4. The van der Waals surface area contributed by atoms with Gasteiger partial charge in [-0.05, 0) is 19.3 Å². The number of carbonyl (C=O) groups excluding carboxylic acids is 1. The van der Waals surface area contributed by atoms with Gasteiger partial charge in [0.15, 0.2) is 5.82 Å². The molecule has 3 rings (SSSR count). The number of fused-ring (bicyclic) bond motifs is 1. The molecule has 2 unspecified atom stereocenters. The average molecular weight is 264 g/mol. The van der Waals surface area contributed by atoms with Crippen molar-refractivity contribution in [3.05, 3.63) is 12.2 Å². The summed E-state index contributed by atoms with van der Waals surface area (Å²) in [6, 6.07) is 0. The normalized spacial score (nSPS) is 26.2. The molecule has 1 N–H and O–H groups in total. The molecule has 1 saturated carbocycles. The molecule has 0 radical (unpaired) electrons. The van der Waals surface area contributed by atoms with E-state index in [4.69, 9.17) is 5.11 Å². The highest BCUT2D eigenvalue weighted by atomic mass is 16.4. The molecule has 0 aromatic carbocycles. The maximum atomic E-state index is 12.4. The predicted octanol–water partition coefficient (Wildman–Crippen LogP) is 0.121. The van der Waals surface area contributed by atoms with Crippen molar-refractivity contribution in [1.29, 1.82) is 0 Å². The highest BCUT2D eigenvalue weighted by molar-refractivity contribution is 5.81. The van der Waals surface area contributed by atoms with Gasteiger partial charge in [-0.2, -0.15) is 0 Å². The van der Waals surface area contributed by atoms with Crippen molar-refractivity contribution in [2.75, 3.05) is 6.54 Å². The molecule has 7 heteroatoms. The molecule has 0 spiro atoms. The van der Waals surface area contributed by atoms with E-state index < -0.39 is 5.97 Å². The third-order valence-electron chi connectivity index (χ3n) is 4.08. The lowest BCUT2D eigenvalue weighted by atomic mass is 10.0. The third-order valence-corrected chi connectivity index (χ3v) is 4.08. The fourth-order valence-corrected chi connectivity index (χ4v) is 2.94. The summed E-state index contributed by atoms with van der Waals surface area (Å²) in [7, 11) is 0. The maximum Gasteiger partial charge on any atom is 0.306 e. The SMILES string of the molecule is O=C(O)C1CCC(C(=O)N2CCn3cnnc3C2)C1. The number of aliphatic carboxylic acids is 1. The van der Waals surface area contributed by atoms with Gasteiger partial charge < -0.3 is 14.6 Å². The summed E-state index contributed by atoms with van der Waals surface area (Å²) in [4.78, 5) is 25.1. The molecule has 1 fully saturated rings. The van der Waals surface area contributed by atoms with Crippen LogP contribution in [0.25, 0.3) is 0 Å². The summed E-state index contributed by atoms with van der Waals surface area (Å²) in [5.41, 5.74) is 0. The van der Waals surface area contributed by atoms with Gasteiger partial charge in [0.25, 0.3) is 0 Å². The van der Waals surface area contributed by atoms with E-state index in [1.165, 1.54) is 0 Å². The number of nitrogens with zero attached hydrogens (tertiary/aromatic N) is 4. The van der Waals surface area contributed by atoms with Gasteiger partial charge in [0.05, 0.1) is 12.5 Å². The van der Waals surface area contributed by atoms with Crippen molar-refractivity contribution in [3.8, 4) is 0 Å². The summed E-state index contributed by atoms with van der Waals surface area (Å²) in [6.45, 7) is 1.84. The molecule has 1 aliphatic heterocycles. The van der Waals surface area contributed by atoms with Crippen LogP contribution in [-0.2, 0) is 22.7 Å². The van der Waals surface area contributed by atoms with Gasteiger partial charge in [0.2, 0.25) is 5.91 Å². The van der Waals surface area contributed by atoms with E-state index in [9.17, 15) is 9.59 Å². The minimum Gasteiger partial charge on any atom is -0.481 e. The van der Waals surface area contributed by atoms with Crippen LogP contribution in [0.3, 0.4) is 0 Å². The van der Waals surface area contributed by atoms with Gasteiger partial charge in [-0.25, -0.2) is 0 Å². The van der Waals surface area contributed by atoms with Gasteiger partial charge >= 0.3 is 5.97 Å². The molecule has 0 saturated heterocycles. The number of aromatic nitrogens is 3. The molecule has 102 valence electrons. The molecular weight excluding hydrogens is 248 g/mol. The van der Waals surface area contributed by atoms with Crippen molar-refractivity contribution >= 4 is 11.9 Å². The van der Waals surface area contributed by atoms with Crippen molar-refractivity contribution in [2.24, 2.45) is 11.8 Å². The van der Waals surface area contributed by atoms with Crippen LogP contribution >= 0.6 is 0 Å². The molecule has 1 amide bonds. The Morgan fingerprint density at radius 3 is 2.79 bits per heavy atom. The topological polar surface area (TPSA) is 88.3 Å². The quantitative estimate of drug-likeness (QED) is 0.819. The first-order valence-corrected chi connectivity index (χ1v) is 6.53. The molecular formula is C12H16N4O3. The van der Waals surface area contributed by atoms with Crippen molar-refractivity contribution in [3.63, 3.8) is 0 Å². The fourth-order valence-electron chi connectivity index (χ4n) is 2.94. The van der Waals surface area contributed by atoms with Gasteiger partial charge in [0, 0.05) is 19.0 Å². The Kier molecular flexibility index (Phi) is 2.96. The Labute approximate surface area is 110 Å². The summed E-state index contributed by atoms with van der Waals surface area (Å²) < 4.78 is 1.94. The largest absolute Gasteiger partial charge is 0.481 e. The standard InChI is InChI=1S/C12H16N4O3/c17-11(8-1-2-9(5-8)12(18)19)15-3-4-16-7-13-14-10(16)6-15/h7-9H,1-6H2,(H,18,19). The number of rotatable bonds is 2. The lowest BCUT2D eigenvalue weighted by molar-refractivity contribution is -0.141. The van der Waals surface area contributed by atoms with Gasteiger partial charge in [-0.15, -0.1) is 10.2 Å². The minimum absolute atomic E-state index is 0.0676. The lowest BCUT2D eigenvalue weighted by Crippen LogP contribution is -2.41. The van der Waals surface area contributed by atoms with Crippen molar-refractivity contribution in [2.45, 2.75) is 32.4 Å². The first kappa shape index (κ1) is 12.1. The van der Waals surface area contributed by atoms with Crippen LogP contribution in [0.1, 0.15) is 25.1 Å². The Bertz CT molecular complexity index is 513. The van der Waals surface area contributed by atoms with Crippen LogP contribution < -0.4 is 0 Å². The van der Waals surface area contributed by atoms with Crippen LogP contribution in [0.2, 0.25) is 0 Å². The van der Waals surface area contributed by atoms with Gasteiger partial charge in [-0.1, -0.05) is 0 Å². The summed E-state index contributed by atoms with van der Waals surface area (Å²) >= 11 is 0. The summed E-state index contributed by atoms with van der Waals surface area (Å²) in [6.07, 6.45) is 3.43. The molecule has 19 heavy (non-hydrogen) atoms. The zero-order valence-corrected chi connectivity index (χ0v) is 10.5. The van der Waals surface area contributed by atoms with E-state index in [0.717, 1.165) is 5.82 Å². The van der Waals surface area contributed by atoms with Gasteiger partial charge in [0.1, 0.15) is 6.33 Å². The lowest BCUT2D eigenvalue weighted by Gasteiger charge is -2.29. The second-order valence-corrected chi connectivity index (χ2v) is 5.25. The van der Waals surface area contributed by atoms with Crippen LogP contribution in [0, 0.1) is 11.8 Å². The second kappa shape index (κ2) is 4.64. The average Bonchev–Trinajstić information content (AvgIpc) is 3.06. The Balaban J connectivity index is 1.65. The van der Waals surface area contributed by atoms with Crippen LogP contribution in [0.5, 0.6) is 0 Å². The molecule has 1 aromatic rings. The van der Waals surface area contributed by atoms with Crippen LogP contribution in [-0.4, -0.2) is 43.2 Å². The van der Waals surface area contributed by atoms with Crippen molar-refractivity contribution < 1.29 is 14.7 Å². The highest BCUT2D eigenvalue weighted by Crippen LogP contribution is 2.32. The monoisotopic (exact) mass is 264 g/mol. The number of carboxylic acid groups (broad SMARTS) is 1. The van der Waals surface area contributed by atoms with E-state index in [1.54, 1.807) is 11.2 Å². The zero-order chi connectivity index (χ0) is 13.4. The Morgan fingerprint density at radius 2 is 2.05 bits per heavy atom. The van der Waals surface area contributed by atoms with E-state index in [0.29, 0.717) is 38.9 Å². The van der Waals surface area contributed by atoms with Crippen LogP contribution in [0.4, 0.5) is 0 Å². The van der Waals surface area contributed by atoms with E-state index in [1.807, 2.05) is 4.57 Å². The van der Waals surface area contributed by atoms with E-state index >= 15 is 0 Å². The molecule has 2 aliphatic rings. The minimum atomic E-state index is -0.784. The number of hydrogen-bond acceptors (Lipinski definition) is 4. The predicted molar refractivity (Wildman–Crippen MR) is 63.9 cm³/mol. The fraction of sp³-hybridized carbons (Fsp3) is 0.667. The summed E-state index contributed by atoms with van der Waals surface area (Å²) in [5, 5.41) is 16.8. The van der Waals surface area contributed by atoms with E-state index in [-0.39, 0.29) is 17.7 Å². The Morgan fingerprint density at radius 1 is 1.26 bits per heavy atom. The Hall–Kier alpha value is -1.92. The first-order chi connectivity index (χ1) is 9.15. The second-order valence-electron chi connectivity index (χ2n) is 5.25. The molecule has 1 aliphatic carbocycles.